The molecule has 18 heavy (non-hydrogen) atoms. The largest absolute Gasteiger partial charge is 0.277 e. The summed E-state index contributed by atoms with van der Waals surface area (Å²) in [6, 6.07) is 6.84. The number of hydrogen-bond acceptors (Lipinski definition) is 2. The lowest BCUT2D eigenvalue weighted by atomic mass is 9.94. The molecule has 0 aromatic heterocycles. The number of benzene rings is 2. The molecule has 0 radical (unpaired) electrons. The number of carbonyl (C=O) groups excluding carboxylic acids is 2. The first-order chi connectivity index (χ1) is 8.52. The van der Waals surface area contributed by atoms with Crippen LogP contribution in [-0.4, -0.2) is 23.8 Å². The summed E-state index contributed by atoms with van der Waals surface area (Å²) in [6.45, 7) is 0. The molecule has 0 saturated carbocycles. The number of imide groups is 1. The van der Waals surface area contributed by atoms with E-state index >= 15 is 0 Å². The molecule has 0 fully saturated rings. The van der Waals surface area contributed by atoms with E-state index in [4.69, 9.17) is 23.2 Å². The van der Waals surface area contributed by atoms with Crippen LogP contribution in [0.4, 0.5) is 0 Å². The monoisotopic (exact) mass is 279 g/mol. The van der Waals surface area contributed by atoms with Crippen LogP contribution < -0.4 is 0 Å². The van der Waals surface area contributed by atoms with Gasteiger partial charge in [-0.2, -0.15) is 0 Å². The summed E-state index contributed by atoms with van der Waals surface area (Å²) in [5, 5.41) is 1.98. The van der Waals surface area contributed by atoms with E-state index in [1.54, 1.807) is 24.3 Å². The molecule has 1 aliphatic rings. The molecule has 0 saturated heterocycles. The van der Waals surface area contributed by atoms with Gasteiger partial charge in [-0.3, -0.25) is 14.5 Å². The fourth-order valence-corrected chi connectivity index (χ4v) is 2.69. The first kappa shape index (κ1) is 11.5. The number of rotatable bonds is 0. The third kappa shape index (κ3) is 1.32. The smallest absolute Gasteiger partial charge is 0.262 e. The second-order valence-electron chi connectivity index (χ2n) is 4.11. The van der Waals surface area contributed by atoms with Gasteiger partial charge in [-0.1, -0.05) is 35.3 Å². The van der Waals surface area contributed by atoms with Gasteiger partial charge in [-0.25, -0.2) is 0 Å². The number of carbonyl (C=O) groups is 2. The SMILES string of the molecule is CN1C(=O)c2c(Cl)ccc3ccc(Cl)c(c23)C1=O. The lowest BCUT2D eigenvalue weighted by Gasteiger charge is -2.25. The van der Waals surface area contributed by atoms with Crippen LogP contribution in [0, 0.1) is 0 Å². The summed E-state index contributed by atoms with van der Waals surface area (Å²) in [5.74, 6) is -0.796. The number of nitrogens with zero attached hydrogens (tertiary/aromatic N) is 1. The summed E-state index contributed by atoms with van der Waals surface area (Å²) >= 11 is 12.1. The molecule has 0 atom stereocenters. The first-order valence-corrected chi connectivity index (χ1v) is 6.01. The molecule has 2 aromatic rings. The van der Waals surface area contributed by atoms with Crippen molar-refractivity contribution in [2.24, 2.45) is 0 Å². The molecular formula is C13H7Cl2NO2. The van der Waals surface area contributed by atoms with Gasteiger partial charge in [-0.05, 0) is 17.5 Å². The highest BCUT2D eigenvalue weighted by molar-refractivity contribution is 6.42. The Morgan fingerprint density at radius 3 is 1.78 bits per heavy atom. The van der Waals surface area contributed by atoms with Crippen molar-refractivity contribution in [3.05, 3.63) is 45.4 Å². The van der Waals surface area contributed by atoms with Crippen LogP contribution in [0.15, 0.2) is 24.3 Å². The van der Waals surface area contributed by atoms with E-state index < -0.39 is 11.8 Å². The summed E-state index contributed by atoms with van der Waals surface area (Å²) in [5.41, 5.74) is 0.683. The Hall–Kier alpha value is -1.58. The van der Waals surface area contributed by atoms with Crippen molar-refractivity contribution in [3.8, 4) is 0 Å². The Labute approximate surface area is 113 Å². The van der Waals surface area contributed by atoms with E-state index in [1.807, 2.05) is 0 Å². The minimum atomic E-state index is -0.398. The highest BCUT2D eigenvalue weighted by atomic mass is 35.5. The van der Waals surface area contributed by atoms with E-state index in [1.165, 1.54) is 7.05 Å². The van der Waals surface area contributed by atoms with Crippen LogP contribution in [-0.2, 0) is 0 Å². The predicted octanol–water partition coefficient (Wildman–Crippen LogP) is 3.37. The quantitative estimate of drug-likeness (QED) is 0.694. The van der Waals surface area contributed by atoms with E-state index in [0.29, 0.717) is 26.6 Å². The predicted molar refractivity (Wildman–Crippen MR) is 70.4 cm³/mol. The maximum atomic E-state index is 12.1. The third-order valence-electron chi connectivity index (χ3n) is 3.12. The average molecular weight is 280 g/mol. The Bertz CT molecular complexity index is 668. The fraction of sp³-hybridized carbons (Fsp3) is 0.0769. The van der Waals surface area contributed by atoms with Gasteiger partial charge in [0, 0.05) is 12.4 Å². The van der Waals surface area contributed by atoms with Gasteiger partial charge in [0.25, 0.3) is 11.8 Å². The van der Waals surface area contributed by atoms with Crippen molar-refractivity contribution in [2.45, 2.75) is 0 Å². The molecule has 5 heteroatoms. The molecule has 0 spiro atoms. The molecule has 0 N–H and O–H groups in total. The number of halogens is 2. The van der Waals surface area contributed by atoms with Gasteiger partial charge in [0.05, 0.1) is 21.2 Å². The van der Waals surface area contributed by atoms with Crippen LogP contribution in [0.2, 0.25) is 10.0 Å². The molecule has 3 nitrogen and oxygen atoms in total. The summed E-state index contributed by atoms with van der Waals surface area (Å²) in [7, 11) is 1.42. The zero-order chi connectivity index (χ0) is 13.0. The summed E-state index contributed by atoms with van der Waals surface area (Å²) in [4.78, 5) is 25.3. The lowest BCUT2D eigenvalue weighted by Crippen LogP contribution is -2.37. The zero-order valence-electron chi connectivity index (χ0n) is 9.33. The highest BCUT2D eigenvalue weighted by Gasteiger charge is 2.33. The average Bonchev–Trinajstić information content (AvgIpc) is 2.35. The molecule has 3 rings (SSSR count). The van der Waals surface area contributed by atoms with Gasteiger partial charge < -0.3 is 0 Å². The second kappa shape index (κ2) is 3.70. The minimum Gasteiger partial charge on any atom is -0.277 e. The summed E-state index contributed by atoms with van der Waals surface area (Å²) in [6.07, 6.45) is 0. The minimum absolute atomic E-state index is 0.329. The Kier molecular flexibility index (Phi) is 2.37. The van der Waals surface area contributed by atoms with E-state index in [-0.39, 0.29) is 0 Å². The van der Waals surface area contributed by atoms with Crippen LogP contribution >= 0.6 is 23.2 Å². The molecule has 1 heterocycles. The lowest BCUT2D eigenvalue weighted by molar-refractivity contribution is 0.0651. The Morgan fingerprint density at radius 1 is 0.889 bits per heavy atom. The molecule has 0 aliphatic carbocycles. The van der Waals surface area contributed by atoms with Crippen molar-refractivity contribution >= 4 is 45.8 Å². The topological polar surface area (TPSA) is 37.4 Å². The third-order valence-corrected chi connectivity index (χ3v) is 3.75. The highest BCUT2D eigenvalue weighted by Crippen LogP contribution is 2.37. The van der Waals surface area contributed by atoms with Gasteiger partial charge in [-0.15, -0.1) is 0 Å². The second-order valence-corrected chi connectivity index (χ2v) is 4.93. The Balaban J connectivity index is 2.60. The molecular weight excluding hydrogens is 273 g/mol. The van der Waals surface area contributed by atoms with Crippen molar-refractivity contribution in [2.75, 3.05) is 7.05 Å². The normalized spacial score (nSPS) is 14.5. The standard InChI is InChI=1S/C13H7Cl2NO2/c1-16-12(17)10-7(14)4-2-6-3-5-8(15)11(9(6)10)13(16)18/h2-5H,1H3. The molecule has 2 amide bonds. The maximum Gasteiger partial charge on any atom is 0.262 e. The molecule has 90 valence electrons. The molecule has 1 aliphatic heterocycles. The summed E-state index contributed by atoms with van der Waals surface area (Å²) < 4.78 is 0. The molecule has 2 aromatic carbocycles. The van der Waals surface area contributed by atoms with Gasteiger partial charge in [0.2, 0.25) is 0 Å². The van der Waals surface area contributed by atoms with Gasteiger partial charge in [0.15, 0.2) is 0 Å². The van der Waals surface area contributed by atoms with Crippen molar-refractivity contribution < 1.29 is 9.59 Å². The maximum absolute atomic E-state index is 12.1. The fourth-order valence-electron chi connectivity index (χ4n) is 2.21. The van der Waals surface area contributed by atoms with Crippen LogP contribution in [0.5, 0.6) is 0 Å². The van der Waals surface area contributed by atoms with E-state index in [2.05, 4.69) is 0 Å². The number of hydrogen-bond donors (Lipinski definition) is 0. The van der Waals surface area contributed by atoms with Crippen molar-refractivity contribution in [1.82, 2.24) is 4.90 Å². The molecule has 0 unspecified atom stereocenters. The van der Waals surface area contributed by atoms with E-state index in [9.17, 15) is 9.59 Å². The Morgan fingerprint density at radius 2 is 1.33 bits per heavy atom. The van der Waals surface area contributed by atoms with Crippen LogP contribution in [0.25, 0.3) is 10.8 Å². The zero-order valence-corrected chi connectivity index (χ0v) is 10.8. The van der Waals surface area contributed by atoms with Crippen molar-refractivity contribution in [3.63, 3.8) is 0 Å². The van der Waals surface area contributed by atoms with Crippen LogP contribution in [0.1, 0.15) is 20.7 Å². The van der Waals surface area contributed by atoms with Gasteiger partial charge in [0.1, 0.15) is 0 Å². The van der Waals surface area contributed by atoms with Crippen LogP contribution in [0.3, 0.4) is 0 Å². The van der Waals surface area contributed by atoms with Crippen molar-refractivity contribution in [1.29, 1.82) is 0 Å². The van der Waals surface area contributed by atoms with Gasteiger partial charge >= 0.3 is 0 Å². The number of amides is 2. The first-order valence-electron chi connectivity index (χ1n) is 5.25. The molecule has 0 bridgehead atoms. The van der Waals surface area contributed by atoms with E-state index in [0.717, 1.165) is 10.3 Å².